The van der Waals surface area contributed by atoms with Gasteiger partial charge in [-0.1, -0.05) is 0 Å². The molecule has 0 aromatic rings. The average Bonchev–Trinajstić information content (AvgIpc) is 3.17. The summed E-state index contributed by atoms with van der Waals surface area (Å²) in [4.78, 5) is 2.55. The molecule has 1 N–H and O–H groups in total. The zero-order chi connectivity index (χ0) is 11.9. The molecule has 17 heavy (non-hydrogen) atoms. The van der Waals surface area contributed by atoms with Gasteiger partial charge in [0.25, 0.3) is 0 Å². The van der Waals surface area contributed by atoms with Crippen LogP contribution in [0, 0.1) is 0 Å². The Balaban J connectivity index is 1.63. The van der Waals surface area contributed by atoms with Crippen molar-refractivity contribution < 1.29 is 9.47 Å². The summed E-state index contributed by atoms with van der Waals surface area (Å²) in [6.45, 7) is 8.83. The fraction of sp³-hybridized carbons (Fsp3) is 1.00. The normalized spacial score (nSPS) is 26.3. The molecule has 4 nitrogen and oxygen atoms in total. The van der Waals surface area contributed by atoms with Crippen LogP contribution >= 0.6 is 0 Å². The molecule has 1 saturated heterocycles. The van der Waals surface area contributed by atoms with Gasteiger partial charge in [0.05, 0.1) is 13.2 Å². The van der Waals surface area contributed by atoms with E-state index in [0.717, 1.165) is 58.5 Å². The smallest absolute Gasteiger partial charge is 0.0634 e. The number of nitrogens with zero attached hydrogens (tertiary/aromatic N) is 1. The molecule has 0 radical (unpaired) electrons. The van der Waals surface area contributed by atoms with E-state index >= 15 is 0 Å². The first-order valence-corrected chi connectivity index (χ1v) is 7.03. The molecule has 100 valence electrons. The minimum Gasteiger partial charge on any atom is -0.382 e. The molecule has 2 rings (SSSR count). The third-order valence-corrected chi connectivity index (χ3v) is 3.51. The molecule has 1 atom stereocenters. The van der Waals surface area contributed by atoms with Crippen LogP contribution < -0.4 is 5.32 Å². The van der Waals surface area contributed by atoms with E-state index in [1.165, 1.54) is 12.8 Å². The van der Waals surface area contributed by atoms with Crippen molar-refractivity contribution in [2.75, 3.05) is 46.1 Å². The van der Waals surface area contributed by atoms with Crippen LogP contribution in [-0.4, -0.2) is 63.0 Å². The van der Waals surface area contributed by atoms with Gasteiger partial charge in [0.1, 0.15) is 0 Å². The van der Waals surface area contributed by atoms with E-state index in [0.29, 0.717) is 6.04 Å². The zero-order valence-electron chi connectivity index (χ0n) is 11.0. The summed E-state index contributed by atoms with van der Waals surface area (Å²) in [6, 6.07) is 1.35. The van der Waals surface area contributed by atoms with Crippen molar-refractivity contribution in [3.8, 4) is 0 Å². The molecule has 0 bridgehead atoms. The molecule has 1 aliphatic heterocycles. The van der Waals surface area contributed by atoms with Crippen LogP contribution in [0.15, 0.2) is 0 Å². The first-order chi connectivity index (χ1) is 8.40. The number of ether oxygens (including phenoxy) is 2. The summed E-state index contributed by atoms with van der Waals surface area (Å²) < 4.78 is 11.0. The van der Waals surface area contributed by atoms with Gasteiger partial charge < -0.3 is 14.8 Å². The third kappa shape index (κ3) is 4.92. The van der Waals surface area contributed by atoms with E-state index in [9.17, 15) is 0 Å². The van der Waals surface area contributed by atoms with E-state index in [1.54, 1.807) is 0 Å². The maximum absolute atomic E-state index is 5.58. The highest BCUT2D eigenvalue weighted by atomic mass is 16.5. The molecule has 1 aliphatic carbocycles. The van der Waals surface area contributed by atoms with E-state index < -0.39 is 0 Å². The number of nitrogens with one attached hydrogen (secondary N) is 1. The van der Waals surface area contributed by atoms with Crippen LogP contribution in [-0.2, 0) is 9.47 Å². The van der Waals surface area contributed by atoms with E-state index in [-0.39, 0.29) is 0 Å². The van der Waals surface area contributed by atoms with E-state index in [1.807, 2.05) is 0 Å². The predicted octanol–water partition coefficient (Wildman–Crippen LogP) is 0.866. The van der Waals surface area contributed by atoms with Crippen molar-refractivity contribution in [3.05, 3.63) is 0 Å². The SMILES string of the molecule is CCOCCCN1CCOCC1CNC1CC1. The topological polar surface area (TPSA) is 33.7 Å². The highest BCUT2D eigenvalue weighted by molar-refractivity contribution is 4.85. The molecule has 1 heterocycles. The molecule has 0 spiro atoms. The summed E-state index contributed by atoms with van der Waals surface area (Å²) in [5, 5.41) is 3.60. The Morgan fingerprint density at radius 1 is 1.41 bits per heavy atom. The summed E-state index contributed by atoms with van der Waals surface area (Å²) in [5.74, 6) is 0. The lowest BCUT2D eigenvalue weighted by Gasteiger charge is -2.35. The Labute approximate surface area is 105 Å². The average molecular weight is 242 g/mol. The van der Waals surface area contributed by atoms with Crippen LogP contribution in [0.4, 0.5) is 0 Å². The van der Waals surface area contributed by atoms with Crippen molar-refractivity contribution >= 4 is 0 Å². The van der Waals surface area contributed by atoms with Gasteiger partial charge in [0.15, 0.2) is 0 Å². The summed E-state index contributed by atoms with van der Waals surface area (Å²) in [5.41, 5.74) is 0. The summed E-state index contributed by atoms with van der Waals surface area (Å²) in [7, 11) is 0. The molecule has 0 aromatic carbocycles. The van der Waals surface area contributed by atoms with Crippen LogP contribution in [0.25, 0.3) is 0 Å². The highest BCUT2D eigenvalue weighted by Gasteiger charge is 2.26. The van der Waals surface area contributed by atoms with Gasteiger partial charge in [-0.3, -0.25) is 4.90 Å². The van der Waals surface area contributed by atoms with Crippen molar-refractivity contribution in [2.45, 2.75) is 38.3 Å². The van der Waals surface area contributed by atoms with Crippen LogP contribution in [0.5, 0.6) is 0 Å². The van der Waals surface area contributed by atoms with E-state index in [2.05, 4.69) is 17.1 Å². The van der Waals surface area contributed by atoms with Crippen molar-refractivity contribution in [1.29, 1.82) is 0 Å². The highest BCUT2D eigenvalue weighted by Crippen LogP contribution is 2.19. The van der Waals surface area contributed by atoms with Gasteiger partial charge >= 0.3 is 0 Å². The quantitative estimate of drug-likeness (QED) is 0.640. The Bertz CT molecular complexity index is 210. The van der Waals surface area contributed by atoms with Gasteiger partial charge in [-0.25, -0.2) is 0 Å². The Kier molecular flexibility index (Phi) is 5.71. The zero-order valence-corrected chi connectivity index (χ0v) is 11.0. The molecule has 0 amide bonds. The maximum atomic E-state index is 5.58. The number of morpholine rings is 1. The first kappa shape index (κ1) is 13.3. The monoisotopic (exact) mass is 242 g/mol. The molecule has 4 heteroatoms. The maximum Gasteiger partial charge on any atom is 0.0634 e. The lowest BCUT2D eigenvalue weighted by atomic mass is 10.2. The second-order valence-corrected chi connectivity index (χ2v) is 5.00. The Hall–Kier alpha value is -0.160. The lowest BCUT2D eigenvalue weighted by Crippen LogP contribution is -2.51. The third-order valence-electron chi connectivity index (χ3n) is 3.51. The van der Waals surface area contributed by atoms with Crippen LogP contribution in [0.3, 0.4) is 0 Å². The van der Waals surface area contributed by atoms with Crippen molar-refractivity contribution in [3.63, 3.8) is 0 Å². The van der Waals surface area contributed by atoms with Gasteiger partial charge in [-0.15, -0.1) is 0 Å². The van der Waals surface area contributed by atoms with Crippen LogP contribution in [0.1, 0.15) is 26.2 Å². The number of rotatable bonds is 8. The molecule has 0 aromatic heterocycles. The first-order valence-electron chi connectivity index (χ1n) is 7.03. The fourth-order valence-electron chi connectivity index (χ4n) is 2.28. The second-order valence-electron chi connectivity index (χ2n) is 5.00. The Morgan fingerprint density at radius 3 is 3.06 bits per heavy atom. The minimum absolute atomic E-state index is 0.561. The van der Waals surface area contributed by atoms with Gasteiger partial charge in [0, 0.05) is 44.9 Å². The molecule has 2 fully saturated rings. The van der Waals surface area contributed by atoms with Gasteiger partial charge in [-0.05, 0) is 26.2 Å². The summed E-state index contributed by atoms with van der Waals surface area (Å²) in [6.07, 6.45) is 3.85. The molecular weight excluding hydrogens is 216 g/mol. The minimum atomic E-state index is 0.561. The largest absolute Gasteiger partial charge is 0.382 e. The standard InChI is InChI=1S/C13H26N2O2/c1-2-16-8-3-6-15-7-9-17-11-13(15)10-14-12-4-5-12/h12-14H,2-11H2,1H3. The van der Waals surface area contributed by atoms with Crippen molar-refractivity contribution in [2.24, 2.45) is 0 Å². The summed E-state index contributed by atoms with van der Waals surface area (Å²) >= 11 is 0. The molecular formula is C13H26N2O2. The van der Waals surface area contributed by atoms with Gasteiger partial charge in [0.2, 0.25) is 0 Å². The number of hydrogen-bond donors (Lipinski definition) is 1. The predicted molar refractivity (Wildman–Crippen MR) is 68.3 cm³/mol. The lowest BCUT2D eigenvalue weighted by molar-refractivity contribution is -0.0106. The van der Waals surface area contributed by atoms with Crippen molar-refractivity contribution in [1.82, 2.24) is 10.2 Å². The molecule has 1 saturated carbocycles. The Morgan fingerprint density at radius 2 is 2.29 bits per heavy atom. The molecule has 1 unspecified atom stereocenters. The molecule has 2 aliphatic rings. The number of hydrogen-bond acceptors (Lipinski definition) is 4. The van der Waals surface area contributed by atoms with Crippen LogP contribution in [0.2, 0.25) is 0 Å². The fourth-order valence-corrected chi connectivity index (χ4v) is 2.28. The van der Waals surface area contributed by atoms with Gasteiger partial charge in [-0.2, -0.15) is 0 Å². The second kappa shape index (κ2) is 7.31. The van der Waals surface area contributed by atoms with E-state index in [4.69, 9.17) is 9.47 Å².